The number of carbonyl (C=O) groups is 2. The van der Waals surface area contributed by atoms with Gasteiger partial charge in [0.25, 0.3) is 0 Å². The first-order chi connectivity index (χ1) is 5.56. The van der Waals surface area contributed by atoms with Crippen LogP contribution in [-0.2, 0) is 14.4 Å². The maximum Gasteiger partial charge on any atom is 0.414 e. The van der Waals surface area contributed by atoms with Crippen LogP contribution in [0.2, 0.25) is 0 Å². The molecule has 6 heteroatoms. The quantitative estimate of drug-likeness (QED) is 0.232. The minimum Gasteiger partial charge on any atom is -0.473 e. The molecular formula is C6H11NO5. The fraction of sp³-hybridized carbons (Fsp3) is 0.333. The Balaban J connectivity index is 0. The second-order valence-electron chi connectivity index (χ2n) is 1.41. The molecule has 6 nitrogen and oxygen atoms in total. The number of hydrogen-bond donors (Lipinski definition) is 3. The van der Waals surface area contributed by atoms with Gasteiger partial charge in [-0.1, -0.05) is 6.08 Å². The average Bonchev–Trinajstić information content (AvgIpc) is 2.02. The molecule has 0 aliphatic rings. The summed E-state index contributed by atoms with van der Waals surface area (Å²) in [5, 5.41) is 14.8. The fourth-order valence-corrected chi connectivity index (χ4v) is 0.142. The lowest BCUT2D eigenvalue weighted by molar-refractivity contribution is -0.159. The van der Waals surface area contributed by atoms with Crippen molar-refractivity contribution in [2.45, 2.75) is 0 Å². The third kappa shape index (κ3) is 15.8. The van der Waals surface area contributed by atoms with E-state index < -0.39 is 11.9 Å². The molecule has 0 aliphatic heterocycles. The van der Waals surface area contributed by atoms with Gasteiger partial charge in [-0.05, 0) is 0 Å². The first-order valence-electron chi connectivity index (χ1n) is 2.91. The van der Waals surface area contributed by atoms with Crippen molar-refractivity contribution in [1.82, 2.24) is 5.48 Å². The molecule has 0 rings (SSSR count). The Kier molecular flexibility index (Phi) is 10.6. The topological polar surface area (TPSA) is 95.9 Å². The number of nitrogens with one attached hydrogen (secondary N) is 1. The molecule has 0 aromatic rings. The monoisotopic (exact) mass is 177 g/mol. The fourth-order valence-electron chi connectivity index (χ4n) is 0.142. The zero-order chi connectivity index (χ0) is 9.98. The predicted molar refractivity (Wildman–Crippen MR) is 40.5 cm³/mol. The van der Waals surface area contributed by atoms with Crippen LogP contribution in [0.4, 0.5) is 0 Å². The zero-order valence-electron chi connectivity index (χ0n) is 6.61. The second-order valence-corrected chi connectivity index (χ2v) is 1.41. The summed E-state index contributed by atoms with van der Waals surface area (Å²) in [5.74, 6) is -3.65. The van der Waals surface area contributed by atoms with Crippen LogP contribution in [-0.4, -0.2) is 35.8 Å². The van der Waals surface area contributed by atoms with E-state index in [-0.39, 0.29) is 0 Å². The third-order valence-corrected chi connectivity index (χ3v) is 0.528. The van der Waals surface area contributed by atoms with Crippen molar-refractivity contribution in [3.63, 3.8) is 0 Å². The molecule has 0 aliphatic carbocycles. The van der Waals surface area contributed by atoms with Gasteiger partial charge in [0.05, 0.1) is 6.61 Å². The Labute approximate surface area is 69.4 Å². The van der Waals surface area contributed by atoms with Gasteiger partial charge in [-0.15, -0.1) is 6.58 Å². The van der Waals surface area contributed by atoms with Gasteiger partial charge in [0.2, 0.25) is 0 Å². The van der Waals surface area contributed by atoms with Crippen LogP contribution in [0.5, 0.6) is 0 Å². The van der Waals surface area contributed by atoms with Crippen LogP contribution in [0.15, 0.2) is 12.7 Å². The summed E-state index contributed by atoms with van der Waals surface area (Å²) in [5.41, 5.74) is 2.50. The smallest absolute Gasteiger partial charge is 0.414 e. The van der Waals surface area contributed by atoms with Crippen LogP contribution in [0.3, 0.4) is 0 Å². The Morgan fingerprint density at radius 2 is 1.92 bits per heavy atom. The molecule has 0 bridgehead atoms. The summed E-state index contributed by atoms with van der Waals surface area (Å²) in [4.78, 5) is 22.8. The van der Waals surface area contributed by atoms with Crippen LogP contribution in [0.25, 0.3) is 0 Å². The van der Waals surface area contributed by atoms with Gasteiger partial charge in [-0.25, -0.2) is 15.1 Å². The lowest BCUT2D eigenvalue weighted by Crippen LogP contribution is -2.09. The van der Waals surface area contributed by atoms with Gasteiger partial charge < -0.3 is 10.2 Å². The van der Waals surface area contributed by atoms with Crippen LogP contribution in [0.1, 0.15) is 0 Å². The Hall–Kier alpha value is -1.40. The van der Waals surface area contributed by atoms with Gasteiger partial charge in [-0.3, -0.25) is 4.84 Å². The van der Waals surface area contributed by atoms with Gasteiger partial charge in [-0.2, -0.15) is 0 Å². The summed E-state index contributed by atoms with van der Waals surface area (Å²) >= 11 is 0. The van der Waals surface area contributed by atoms with Crippen LogP contribution in [0, 0.1) is 0 Å². The molecule has 12 heavy (non-hydrogen) atoms. The predicted octanol–water partition coefficient (Wildman–Crippen LogP) is -0.521. The Morgan fingerprint density at radius 3 is 2.00 bits per heavy atom. The van der Waals surface area contributed by atoms with E-state index in [0.717, 1.165) is 0 Å². The van der Waals surface area contributed by atoms with Gasteiger partial charge in [0.15, 0.2) is 0 Å². The Bertz CT molecular complexity index is 144. The van der Waals surface area contributed by atoms with E-state index in [1.165, 1.54) is 0 Å². The first kappa shape index (κ1) is 13.2. The molecule has 0 radical (unpaired) electrons. The molecule has 0 heterocycles. The number of hydrogen-bond acceptors (Lipinski definition) is 4. The molecule has 0 saturated heterocycles. The summed E-state index contributed by atoms with van der Waals surface area (Å²) < 4.78 is 0. The highest BCUT2D eigenvalue weighted by atomic mass is 16.6. The molecule has 0 spiro atoms. The number of aliphatic carboxylic acids is 2. The number of hydroxylamine groups is 1. The summed E-state index contributed by atoms with van der Waals surface area (Å²) in [6, 6.07) is 0. The minimum absolute atomic E-state index is 0.566. The Morgan fingerprint density at radius 1 is 1.50 bits per heavy atom. The number of rotatable bonds is 3. The van der Waals surface area contributed by atoms with Crippen molar-refractivity contribution in [3.8, 4) is 0 Å². The van der Waals surface area contributed by atoms with E-state index in [4.69, 9.17) is 19.8 Å². The van der Waals surface area contributed by atoms with E-state index in [1.807, 2.05) is 0 Å². The first-order valence-corrected chi connectivity index (χ1v) is 2.91. The van der Waals surface area contributed by atoms with E-state index in [9.17, 15) is 0 Å². The van der Waals surface area contributed by atoms with Crippen molar-refractivity contribution >= 4 is 11.9 Å². The highest BCUT2D eigenvalue weighted by molar-refractivity contribution is 6.27. The molecule has 70 valence electrons. The summed E-state index contributed by atoms with van der Waals surface area (Å²) in [6.45, 7) is 4.00. The van der Waals surface area contributed by atoms with Gasteiger partial charge in [0.1, 0.15) is 0 Å². The van der Waals surface area contributed by atoms with Crippen molar-refractivity contribution in [3.05, 3.63) is 12.7 Å². The molecule has 0 amide bonds. The average molecular weight is 177 g/mol. The molecule has 0 atom stereocenters. The molecular weight excluding hydrogens is 166 g/mol. The van der Waals surface area contributed by atoms with E-state index in [1.54, 1.807) is 13.1 Å². The summed E-state index contributed by atoms with van der Waals surface area (Å²) in [6.07, 6.45) is 1.68. The highest BCUT2D eigenvalue weighted by Gasteiger charge is 2.04. The van der Waals surface area contributed by atoms with Gasteiger partial charge in [0, 0.05) is 7.05 Å². The van der Waals surface area contributed by atoms with Crippen molar-refractivity contribution < 1.29 is 24.6 Å². The number of carboxylic acid groups (broad SMARTS) is 2. The molecule has 0 saturated carbocycles. The SMILES string of the molecule is C=CCONC.O=C(O)C(=O)O. The van der Waals surface area contributed by atoms with Crippen molar-refractivity contribution in [2.75, 3.05) is 13.7 Å². The normalized spacial score (nSPS) is 7.75. The zero-order valence-corrected chi connectivity index (χ0v) is 6.61. The van der Waals surface area contributed by atoms with Gasteiger partial charge >= 0.3 is 11.9 Å². The third-order valence-electron chi connectivity index (χ3n) is 0.528. The lowest BCUT2D eigenvalue weighted by Gasteiger charge is -1.90. The molecule has 0 unspecified atom stereocenters. The van der Waals surface area contributed by atoms with Crippen molar-refractivity contribution in [2.24, 2.45) is 0 Å². The van der Waals surface area contributed by atoms with Crippen molar-refractivity contribution in [1.29, 1.82) is 0 Å². The largest absolute Gasteiger partial charge is 0.473 e. The molecule has 0 aromatic heterocycles. The van der Waals surface area contributed by atoms with Crippen LogP contribution >= 0.6 is 0 Å². The second kappa shape index (κ2) is 9.60. The van der Waals surface area contributed by atoms with E-state index in [0.29, 0.717) is 6.61 Å². The molecule has 0 fully saturated rings. The lowest BCUT2D eigenvalue weighted by atomic mass is 10.7. The minimum atomic E-state index is -1.82. The maximum atomic E-state index is 9.10. The summed E-state index contributed by atoms with van der Waals surface area (Å²) in [7, 11) is 1.71. The standard InChI is InChI=1S/C4H9NO.C2H2O4/c1-3-4-6-5-2;3-1(4)2(5)6/h3,5H,1,4H2,2H3;(H,3,4)(H,5,6). The van der Waals surface area contributed by atoms with E-state index in [2.05, 4.69) is 16.9 Å². The highest BCUT2D eigenvalue weighted by Crippen LogP contribution is 1.61. The molecule has 3 N–H and O–H groups in total. The maximum absolute atomic E-state index is 9.10. The van der Waals surface area contributed by atoms with Crippen LogP contribution < -0.4 is 5.48 Å². The molecule has 0 aromatic carbocycles. The van der Waals surface area contributed by atoms with E-state index >= 15 is 0 Å². The number of carboxylic acids is 2.